The minimum Gasteiger partial charge on any atom is -0.391 e. The van der Waals surface area contributed by atoms with Gasteiger partial charge in [-0.25, -0.2) is 4.39 Å². The fraction of sp³-hybridized carbons (Fsp3) is 0.111. The van der Waals surface area contributed by atoms with Crippen LogP contribution in [0.5, 0.6) is 0 Å². The lowest BCUT2D eigenvalue weighted by Gasteiger charge is -1.92. The van der Waals surface area contributed by atoms with Gasteiger partial charge in [-0.05, 0) is 46.2 Å². The number of fused-ring (bicyclic) bond motifs is 1. The molecule has 0 aliphatic carbocycles. The van der Waals surface area contributed by atoms with Gasteiger partial charge in [-0.3, -0.25) is 0 Å². The molecule has 0 amide bonds. The maximum atomic E-state index is 13.3. The summed E-state index contributed by atoms with van der Waals surface area (Å²) in [6.45, 7) is -0.0185. The molecule has 1 heterocycles. The number of halogens is 2. The average Bonchev–Trinajstić information content (AvgIpc) is 2.47. The molecular weight excluding hydrogens is 302 g/mol. The summed E-state index contributed by atoms with van der Waals surface area (Å²) in [7, 11) is 0. The SMILES string of the molecule is OCc1cc2cc(I)cc(F)c2s1. The van der Waals surface area contributed by atoms with E-state index >= 15 is 0 Å². The summed E-state index contributed by atoms with van der Waals surface area (Å²) in [6.07, 6.45) is 0. The summed E-state index contributed by atoms with van der Waals surface area (Å²) in [5.41, 5.74) is 0. The van der Waals surface area contributed by atoms with E-state index in [0.717, 1.165) is 13.8 Å². The molecule has 1 aromatic heterocycles. The monoisotopic (exact) mass is 308 g/mol. The first-order chi connectivity index (χ1) is 6.20. The summed E-state index contributed by atoms with van der Waals surface area (Å²) in [6, 6.07) is 5.24. The Morgan fingerprint density at radius 1 is 1.38 bits per heavy atom. The molecule has 1 nitrogen and oxygen atoms in total. The van der Waals surface area contributed by atoms with E-state index in [1.54, 1.807) is 0 Å². The highest BCUT2D eigenvalue weighted by Crippen LogP contribution is 2.29. The van der Waals surface area contributed by atoms with Crippen molar-refractivity contribution >= 4 is 44.0 Å². The minimum atomic E-state index is -0.202. The molecule has 0 bridgehead atoms. The Hall–Kier alpha value is -0.200. The number of rotatable bonds is 1. The zero-order valence-electron chi connectivity index (χ0n) is 6.55. The molecular formula is C9H6FIOS. The van der Waals surface area contributed by atoms with Crippen LogP contribution in [0, 0.1) is 9.39 Å². The zero-order valence-corrected chi connectivity index (χ0v) is 9.52. The standard InChI is InChI=1S/C9H6FIOS/c10-8-3-6(11)1-5-2-7(4-12)13-9(5)8/h1-3,12H,4H2. The summed E-state index contributed by atoms with van der Waals surface area (Å²) in [5.74, 6) is -0.202. The number of hydrogen-bond donors (Lipinski definition) is 1. The summed E-state index contributed by atoms with van der Waals surface area (Å²) < 4.78 is 14.8. The molecule has 0 spiro atoms. The Balaban J connectivity index is 2.75. The molecule has 0 aliphatic rings. The van der Waals surface area contributed by atoms with Crippen LogP contribution < -0.4 is 0 Å². The van der Waals surface area contributed by atoms with Crippen LogP contribution in [0.25, 0.3) is 10.1 Å². The molecule has 0 fully saturated rings. The van der Waals surface area contributed by atoms with Crippen LogP contribution in [0.3, 0.4) is 0 Å². The fourth-order valence-electron chi connectivity index (χ4n) is 1.21. The Morgan fingerprint density at radius 2 is 2.15 bits per heavy atom. The normalized spacial score (nSPS) is 11.0. The number of aliphatic hydroxyl groups excluding tert-OH is 1. The fourth-order valence-corrected chi connectivity index (χ4v) is 2.72. The lowest BCUT2D eigenvalue weighted by Crippen LogP contribution is -1.75. The van der Waals surface area contributed by atoms with Gasteiger partial charge < -0.3 is 5.11 Å². The number of aliphatic hydroxyl groups is 1. The Morgan fingerprint density at radius 3 is 2.85 bits per heavy atom. The van der Waals surface area contributed by atoms with Gasteiger partial charge >= 0.3 is 0 Å². The Bertz CT molecular complexity index is 452. The maximum Gasteiger partial charge on any atom is 0.142 e. The van der Waals surface area contributed by atoms with Crippen molar-refractivity contribution in [2.75, 3.05) is 0 Å². The van der Waals surface area contributed by atoms with E-state index < -0.39 is 0 Å². The van der Waals surface area contributed by atoms with Crippen LogP contribution in [0.2, 0.25) is 0 Å². The van der Waals surface area contributed by atoms with Gasteiger partial charge in [-0.15, -0.1) is 11.3 Å². The van der Waals surface area contributed by atoms with Crippen molar-refractivity contribution in [3.8, 4) is 0 Å². The van der Waals surface area contributed by atoms with Crippen LogP contribution in [-0.4, -0.2) is 5.11 Å². The van der Waals surface area contributed by atoms with E-state index in [2.05, 4.69) is 22.6 Å². The molecule has 2 rings (SSSR count). The smallest absolute Gasteiger partial charge is 0.142 e. The Labute approximate surface area is 92.3 Å². The third-order valence-corrected chi connectivity index (χ3v) is 3.51. The molecule has 0 atom stereocenters. The third-order valence-electron chi connectivity index (χ3n) is 1.74. The van der Waals surface area contributed by atoms with Crippen LogP contribution in [0.1, 0.15) is 4.88 Å². The first kappa shape index (κ1) is 9.36. The first-order valence-corrected chi connectivity index (χ1v) is 5.58. The maximum absolute atomic E-state index is 13.3. The topological polar surface area (TPSA) is 20.2 Å². The van der Waals surface area contributed by atoms with Gasteiger partial charge in [0.1, 0.15) is 5.82 Å². The molecule has 2 aromatic rings. The summed E-state index contributed by atoms with van der Waals surface area (Å²) >= 11 is 3.38. The summed E-state index contributed by atoms with van der Waals surface area (Å²) in [4.78, 5) is 0.802. The molecule has 1 aromatic carbocycles. The van der Waals surface area contributed by atoms with E-state index in [1.165, 1.54) is 17.4 Å². The molecule has 0 unspecified atom stereocenters. The molecule has 0 saturated heterocycles. The lowest BCUT2D eigenvalue weighted by molar-refractivity contribution is 0.285. The van der Waals surface area contributed by atoms with Crippen molar-refractivity contribution in [3.63, 3.8) is 0 Å². The number of hydrogen-bond acceptors (Lipinski definition) is 2. The van der Waals surface area contributed by atoms with E-state index in [0.29, 0.717) is 4.70 Å². The molecule has 68 valence electrons. The van der Waals surface area contributed by atoms with Crippen molar-refractivity contribution in [3.05, 3.63) is 32.5 Å². The highest BCUT2D eigenvalue weighted by molar-refractivity contribution is 14.1. The van der Waals surface area contributed by atoms with Gasteiger partial charge in [-0.2, -0.15) is 0 Å². The van der Waals surface area contributed by atoms with Crippen molar-refractivity contribution in [2.24, 2.45) is 0 Å². The molecule has 0 aliphatic heterocycles. The van der Waals surface area contributed by atoms with Crippen molar-refractivity contribution < 1.29 is 9.50 Å². The van der Waals surface area contributed by atoms with E-state index in [-0.39, 0.29) is 12.4 Å². The van der Waals surface area contributed by atoms with Crippen LogP contribution in [0.4, 0.5) is 4.39 Å². The van der Waals surface area contributed by atoms with Crippen LogP contribution >= 0.6 is 33.9 Å². The molecule has 1 N–H and O–H groups in total. The highest BCUT2D eigenvalue weighted by atomic mass is 127. The largest absolute Gasteiger partial charge is 0.391 e. The molecule has 0 saturated carbocycles. The molecule has 0 radical (unpaired) electrons. The highest BCUT2D eigenvalue weighted by Gasteiger charge is 2.06. The molecule has 4 heteroatoms. The Kier molecular flexibility index (Phi) is 2.53. The van der Waals surface area contributed by atoms with Gasteiger partial charge in [-0.1, -0.05) is 0 Å². The van der Waals surface area contributed by atoms with Crippen molar-refractivity contribution in [2.45, 2.75) is 6.61 Å². The van der Waals surface area contributed by atoms with Crippen LogP contribution in [0.15, 0.2) is 18.2 Å². The predicted molar refractivity (Wildman–Crippen MR) is 60.4 cm³/mol. The van der Waals surface area contributed by atoms with Gasteiger partial charge in [0.2, 0.25) is 0 Å². The van der Waals surface area contributed by atoms with Crippen LogP contribution in [-0.2, 0) is 6.61 Å². The zero-order chi connectivity index (χ0) is 9.42. The van der Waals surface area contributed by atoms with Gasteiger partial charge in [0.15, 0.2) is 0 Å². The van der Waals surface area contributed by atoms with Crippen molar-refractivity contribution in [1.82, 2.24) is 0 Å². The van der Waals surface area contributed by atoms with Crippen molar-refractivity contribution in [1.29, 1.82) is 0 Å². The third kappa shape index (κ3) is 1.70. The number of benzene rings is 1. The van der Waals surface area contributed by atoms with Gasteiger partial charge in [0, 0.05) is 8.45 Å². The predicted octanol–water partition coefficient (Wildman–Crippen LogP) is 3.14. The molecule has 13 heavy (non-hydrogen) atoms. The second-order valence-corrected chi connectivity index (χ2v) is 5.06. The lowest BCUT2D eigenvalue weighted by atomic mass is 10.2. The second-order valence-electron chi connectivity index (χ2n) is 2.68. The first-order valence-electron chi connectivity index (χ1n) is 3.69. The second kappa shape index (κ2) is 3.51. The average molecular weight is 308 g/mol. The van der Waals surface area contributed by atoms with E-state index in [9.17, 15) is 4.39 Å². The van der Waals surface area contributed by atoms with Gasteiger partial charge in [0.05, 0.1) is 11.3 Å². The quantitative estimate of drug-likeness (QED) is 0.803. The van der Waals surface area contributed by atoms with E-state index in [4.69, 9.17) is 5.11 Å². The van der Waals surface area contributed by atoms with Gasteiger partial charge in [0.25, 0.3) is 0 Å². The minimum absolute atomic E-state index is 0.0185. The number of thiophene rings is 1. The summed E-state index contributed by atoms with van der Waals surface area (Å²) in [5, 5.41) is 9.76. The van der Waals surface area contributed by atoms with E-state index in [1.807, 2.05) is 12.1 Å².